The molecule has 0 aliphatic carbocycles. The summed E-state index contributed by atoms with van der Waals surface area (Å²) in [6, 6.07) is 10.2. The van der Waals surface area contributed by atoms with Crippen LogP contribution in [0.1, 0.15) is 0 Å². The van der Waals surface area contributed by atoms with Gasteiger partial charge < -0.3 is 9.84 Å². The largest absolute Gasteiger partial charge is 0.508 e. The lowest BCUT2D eigenvalue weighted by molar-refractivity contribution is 0.463. The van der Waals surface area contributed by atoms with Gasteiger partial charge in [0.1, 0.15) is 17.2 Å². The average molecular weight is 187 g/mol. The quantitative estimate of drug-likeness (QED) is 0.785. The Morgan fingerprint density at radius 1 is 1.00 bits per heavy atom. The molecule has 0 atom stereocenters. The minimum absolute atomic E-state index is 0.225. The van der Waals surface area contributed by atoms with Crippen molar-refractivity contribution in [1.82, 2.24) is 4.98 Å². The lowest BCUT2D eigenvalue weighted by Crippen LogP contribution is -1.83. The molecule has 70 valence electrons. The number of ether oxygens (including phenoxy) is 1. The molecule has 3 heteroatoms. The summed E-state index contributed by atoms with van der Waals surface area (Å²) in [5.74, 6) is 1.58. The third kappa shape index (κ3) is 2.01. The van der Waals surface area contributed by atoms with Gasteiger partial charge in [0, 0.05) is 6.20 Å². The van der Waals surface area contributed by atoms with E-state index in [-0.39, 0.29) is 5.75 Å². The Labute approximate surface area is 81.6 Å². The molecule has 0 saturated carbocycles. The van der Waals surface area contributed by atoms with Crippen LogP contribution in [0.2, 0.25) is 0 Å². The van der Waals surface area contributed by atoms with Gasteiger partial charge in [-0.2, -0.15) is 0 Å². The van der Waals surface area contributed by atoms with Crippen molar-refractivity contribution in [1.29, 1.82) is 0 Å². The molecule has 1 aromatic carbocycles. The molecule has 0 aliphatic rings. The average Bonchev–Trinajstić information content (AvgIpc) is 2.23. The van der Waals surface area contributed by atoms with Crippen LogP contribution in [0.4, 0.5) is 0 Å². The second-order valence-corrected chi connectivity index (χ2v) is 2.78. The van der Waals surface area contributed by atoms with E-state index in [2.05, 4.69) is 4.98 Å². The lowest BCUT2D eigenvalue weighted by Gasteiger charge is -2.03. The van der Waals surface area contributed by atoms with Gasteiger partial charge in [-0.1, -0.05) is 0 Å². The Kier molecular flexibility index (Phi) is 2.32. The molecule has 0 amide bonds. The van der Waals surface area contributed by atoms with Crippen LogP contribution >= 0.6 is 0 Å². The third-order valence-corrected chi connectivity index (χ3v) is 1.71. The Hall–Kier alpha value is -2.03. The molecule has 1 aromatic heterocycles. The second-order valence-electron chi connectivity index (χ2n) is 2.78. The molecule has 3 nitrogen and oxygen atoms in total. The summed E-state index contributed by atoms with van der Waals surface area (Å²) in [6.07, 6.45) is 3.32. The number of nitrogens with zero attached hydrogens (tertiary/aromatic N) is 1. The fourth-order valence-corrected chi connectivity index (χ4v) is 1.06. The second kappa shape index (κ2) is 3.79. The molecule has 0 radical (unpaired) electrons. The van der Waals surface area contributed by atoms with Crippen molar-refractivity contribution in [2.45, 2.75) is 0 Å². The number of benzene rings is 1. The summed E-state index contributed by atoms with van der Waals surface area (Å²) >= 11 is 0. The van der Waals surface area contributed by atoms with Gasteiger partial charge in [-0.15, -0.1) is 0 Å². The number of aromatic hydroxyl groups is 1. The molecule has 0 unspecified atom stereocenters. The molecule has 0 bridgehead atoms. The summed E-state index contributed by atoms with van der Waals surface area (Å²) in [5, 5.41) is 9.05. The highest BCUT2D eigenvalue weighted by Crippen LogP contribution is 2.21. The van der Waals surface area contributed by atoms with Crippen molar-refractivity contribution < 1.29 is 9.84 Å². The van der Waals surface area contributed by atoms with Gasteiger partial charge in [-0.05, 0) is 36.4 Å². The van der Waals surface area contributed by atoms with Crippen molar-refractivity contribution >= 4 is 0 Å². The van der Waals surface area contributed by atoms with Crippen molar-refractivity contribution in [3.05, 3.63) is 48.8 Å². The maximum atomic E-state index is 9.05. The number of hydrogen-bond acceptors (Lipinski definition) is 3. The number of aromatic nitrogens is 1. The lowest BCUT2D eigenvalue weighted by atomic mass is 10.3. The normalized spacial score (nSPS) is 9.71. The molecule has 14 heavy (non-hydrogen) atoms. The van der Waals surface area contributed by atoms with E-state index in [4.69, 9.17) is 9.84 Å². The first-order valence-corrected chi connectivity index (χ1v) is 4.21. The molecular formula is C11H9NO2. The summed E-state index contributed by atoms with van der Waals surface area (Å²) in [5.41, 5.74) is 0. The Morgan fingerprint density at radius 3 is 2.43 bits per heavy atom. The zero-order chi connectivity index (χ0) is 9.80. The minimum Gasteiger partial charge on any atom is -0.508 e. The number of phenols is 1. The van der Waals surface area contributed by atoms with Crippen molar-refractivity contribution in [3.63, 3.8) is 0 Å². The highest BCUT2D eigenvalue weighted by molar-refractivity contribution is 5.33. The maximum absolute atomic E-state index is 9.05. The third-order valence-electron chi connectivity index (χ3n) is 1.71. The van der Waals surface area contributed by atoms with E-state index in [1.165, 1.54) is 0 Å². The topological polar surface area (TPSA) is 42.4 Å². The van der Waals surface area contributed by atoms with Gasteiger partial charge in [-0.25, -0.2) is 0 Å². The first-order valence-electron chi connectivity index (χ1n) is 4.21. The highest BCUT2D eigenvalue weighted by atomic mass is 16.5. The Bertz CT molecular complexity index is 397. The van der Waals surface area contributed by atoms with E-state index in [0.717, 1.165) is 0 Å². The SMILES string of the molecule is Oc1ccc(Oc2cccnc2)cc1. The Balaban J connectivity index is 2.16. The van der Waals surface area contributed by atoms with E-state index in [0.29, 0.717) is 11.5 Å². The molecule has 0 saturated heterocycles. The summed E-state index contributed by atoms with van der Waals surface area (Å²) in [4.78, 5) is 3.92. The van der Waals surface area contributed by atoms with Crippen molar-refractivity contribution in [3.8, 4) is 17.2 Å². The molecule has 2 rings (SSSR count). The van der Waals surface area contributed by atoms with Crippen LogP contribution in [0.5, 0.6) is 17.2 Å². The van der Waals surface area contributed by atoms with Gasteiger partial charge in [0.05, 0.1) is 6.20 Å². The molecule has 1 N–H and O–H groups in total. The minimum atomic E-state index is 0.225. The van der Waals surface area contributed by atoms with Gasteiger partial charge >= 0.3 is 0 Å². The van der Waals surface area contributed by atoms with Gasteiger partial charge in [0.2, 0.25) is 0 Å². The number of hydrogen-bond donors (Lipinski definition) is 1. The standard InChI is InChI=1S/C11H9NO2/c13-9-3-5-10(6-4-9)14-11-2-1-7-12-8-11/h1-8,13H. The fourth-order valence-electron chi connectivity index (χ4n) is 1.06. The fraction of sp³-hybridized carbons (Fsp3) is 0. The summed E-state index contributed by atoms with van der Waals surface area (Å²) < 4.78 is 5.46. The van der Waals surface area contributed by atoms with E-state index in [1.807, 2.05) is 6.07 Å². The summed E-state index contributed by atoms with van der Waals surface area (Å²) in [7, 11) is 0. The van der Waals surface area contributed by atoms with Crippen molar-refractivity contribution in [2.75, 3.05) is 0 Å². The first-order chi connectivity index (χ1) is 6.84. The zero-order valence-corrected chi connectivity index (χ0v) is 7.42. The number of pyridine rings is 1. The van der Waals surface area contributed by atoms with Crippen LogP contribution in [0.15, 0.2) is 48.8 Å². The maximum Gasteiger partial charge on any atom is 0.145 e. The zero-order valence-electron chi connectivity index (χ0n) is 7.42. The van der Waals surface area contributed by atoms with Crippen LogP contribution in [0, 0.1) is 0 Å². The molecule has 2 aromatic rings. The highest BCUT2D eigenvalue weighted by Gasteiger charge is 1.95. The molecule has 0 fully saturated rings. The van der Waals surface area contributed by atoms with Crippen LogP contribution in [-0.4, -0.2) is 10.1 Å². The number of rotatable bonds is 2. The summed E-state index contributed by atoms with van der Waals surface area (Å²) in [6.45, 7) is 0. The van der Waals surface area contributed by atoms with Crippen LogP contribution in [0.3, 0.4) is 0 Å². The van der Waals surface area contributed by atoms with Gasteiger partial charge in [-0.3, -0.25) is 4.98 Å². The number of phenolic OH excluding ortho intramolecular Hbond substituents is 1. The Morgan fingerprint density at radius 2 is 1.79 bits per heavy atom. The first kappa shape index (κ1) is 8.56. The molecule has 1 heterocycles. The van der Waals surface area contributed by atoms with Crippen LogP contribution < -0.4 is 4.74 Å². The van der Waals surface area contributed by atoms with Crippen LogP contribution in [0.25, 0.3) is 0 Å². The van der Waals surface area contributed by atoms with Gasteiger partial charge in [0.15, 0.2) is 0 Å². The monoisotopic (exact) mass is 187 g/mol. The van der Waals surface area contributed by atoms with Gasteiger partial charge in [0.25, 0.3) is 0 Å². The van der Waals surface area contributed by atoms with E-state index >= 15 is 0 Å². The molecular weight excluding hydrogens is 178 g/mol. The van der Waals surface area contributed by atoms with Crippen molar-refractivity contribution in [2.24, 2.45) is 0 Å². The van der Waals surface area contributed by atoms with Crippen LogP contribution in [-0.2, 0) is 0 Å². The van der Waals surface area contributed by atoms with E-state index < -0.39 is 0 Å². The predicted octanol–water partition coefficient (Wildman–Crippen LogP) is 2.58. The van der Waals surface area contributed by atoms with E-state index in [9.17, 15) is 0 Å². The molecule has 0 aliphatic heterocycles. The smallest absolute Gasteiger partial charge is 0.145 e. The molecule has 0 spiro atoms. The predicted molar refractivity (Wildman–Crippen MR) is 52.4 cm³/mol. The van der Waals surface area contributed by atoms with E-state index in [1.54, 1.807) is 42.7 Å².